The van der Waals surface area contributed by atoms with Crippen LogP contribution in [-0.2, 0) is 17.8 Å². The molecule has 1 aliphatic heterocycles. The summed E-state index contributed by atoms with van der Waals surface area (Å²) in [6, 6.07) is 11.1. The largest absolute Gasteiger partial charge is 0.494 e. The zero-order valence-electron chi connectivity index (χ0n) is 14.2. The van der Waals surface area contributed by atoms with Crippen molar-refractivity contribution in [1.82, 2.24) is 10.2 Å². The Bertz CT molecular complexity index is 855. The van der Waals surface area contributed by atoms with Crippen LogP contribution in [0.15, 0.2) is 36.4 Å². The van der Waals surface area contributed by atoms with Crippen LogP contribution in [0.2, 0.25) is 10.0 Å². The molecule has 0 aliphatic carbocycles. The first-order valence-electron chi connectivity index (χ1n) is 8.16. The zero-order valence-corrected chi connectivity index (χ0v) is 15.7. The van der Waals surface area contributed by atoms with Crippen molar-refractivity contribution in [2.45, 2.75) is 13.0 Å². The minimum absolute atomic E-state index is 0.118. The van der Waals surface area contributed by atoms with Gasteiger partial charge in [0, 0.05) is 13.1 Å². The van der Waals surface area contributed by atoms with Crippen molar-refractivity contribution in [2.75, 3.05) is 20.2 Å². The molecule has 0 spiro atoms. The van der Waals surface area contributed by atoms with Gasteiger partial charge >= 0.3 is 0 Å². The van der Waals surface area contributed by atoms with Crippen LogP contribution in [0.25, 0.3) is 0 Å². The number of nitrogens with one attached hydrogen (secondary N) is 1. The Morgan fingerprint density at radius 3 is 2.54 bits per heavy atom. The van der Waals surface area contributed by atoms with Gasteiger partial charge < -0.3 is 15.0 Å². The molecule has 0 bridgehead atoms. The summed E-state index contributed by atoms with van der Waals surface area (Å²) in [5.74, 6) is -0.457. The SMILES string of the molecule is COc1c(Cl)ccc(Cl)c1C(=O)NCC(=O)N1CCc2ccccc2C1. The lowest BCUT2D eigenvalue weighted by Crippen LogP contribution is -2.42. The lowest BCUT2D eigenvalue weighted by Gasteiger charge is -2.29. The maximum atomic E-state index is 12.5. The van der Waals surface area contributed by atoms with Crippen LogP contribution in [0.4, 0.5) is 0 Å². The number of hydrogen-bond acceptors (Lipinski definition) is 3. The minimum Gasteiger partial charge on any atom is -0.494 e. The fraction of sp³-hybridized carbons (Fsp3) is 0.263. The van der Waals surface area contributed by atoms with Crippen LogP contribution in [-0.4, -0.2) is 36.9 Å². The first kappa shape index (κ1) is 18.5. The number of benzene rings is 2. The number of halogens is 2. The lowest BCUT2D eigenvalue weighted by molar-refractivity contribution is -0.131. The number of carbonyl (C=O) groups excluding carboxylic acids is 2. The highest BCUT2D eigenvalue weighted by Crippen LogP contribution is 2.33. The van der Waals surface area contributed by atoms with E-state index in [4.69, 9.17) is 27.9 Å². The number of rotatable bonds is 4. The summed E-state index contributed by atoms with van der Waals surface area (Å²) in [5, 5.41) is 3.10. The molecule has 1 aliphatic rings. The summed E-state index contributed by atoms with van der Waals surface area (Å²) >= 11 is 12.1. The number of hydrogen-bond donors (Lipinski definition) is 1. The Hall–Kier alpha value is -2.24. The van der Waals surface area contributed by atoms with Gasteiger partial charge in [0.05, 0.1) is 23.7 Å². The molecule has 0 atom stereocenters. The standard InChI is InChI=1S/C19H18Cl2N2O3/c1-26-18-15(21)7-6-14(20)17(18)19(25)22-10-16(24)23-9-8-12-4-2-3-5-13(12)11-23/h2-7H,8-11H2,1H3,(H,22,25). The first-order chi connectivity index (χ1) is 12.5. The number of fused-ring (bicyclic) bond motifs is 1. The monoisotopic (exact) mass is 392 g/mol. The lowest BCUT2D eigenvalue weighted by atomic mass is 10.00. The van der Waals surface area contributed by atoms with Crippen molar-refractivity contribution >= 4 is 35.0 Å². The van der Waals surface area contributed by atoms with Crippen molar-refractivity contribution in [1.29, 1.82) is 0 Å². The van der Waals surface area contributed by atoms with E-state index in [1.807, 2.05) is 18.2 Å². The molecule has 3 rings (SSSR count). The second-order valence-corrected chi connectivity index (χ2v) is 6.77. The topological polar surface area (TPSA) is 58.6 Å². The van der Waals surface area contributed by atoms with Crippen molar-refractivity contribution in [3.8, 4) is 5.75 Å². The first-order valence-corrected chi connectivity index (χ1v) is 8.91. The molecule has 1 N–H and O–H groups in total. The third kappa shape index (κ3) is 3.79. The van der Waals surface area contributed by atoms with Crippen molar-refractivity contribution in [3.05, 3.63) is 63.1 Å². The predicted molar refractivity (Wildman–Crippen MR) is 101 cm³/mol. The number of methoxy groups -OCH3 is 1. The quantitative estimate of drug-likeness (QED) is 0.867. The van der Waals surface area contributed by atoms with Gasteiger partial charge in [-0.2, -0.15) is 0 Å². The van der Waals surface area contributed by atoms with Crippen LogP contribution < -0.4 is 10.1 Å². The average Bonchev–Trinajstić information content (AvgIpc) is 2.66. The molecule has 1 heterocycles. The van der Waals surface area contributed by atoms with Crippen molar-refractivity contribution < 1.29 is 14.3 Å². The molecule has 0 saturated heterocycles. The van der Waals surface area contributed by atoms with Gasteiger partial charge in [0.2, 0.25) is 5.91 Å². The number of amides is 2. The molecule has 26 heavy (non-hydrogen) atoms. The molecule has 2 amide bonds. The van der Waals surface area contributed by atoms with E-state index >= 15 is 0 Å². The van der Waals surface area contributed by atoms with Gasteiger partial charge in [-0.05, 0) is 29.7 Å². The highest BCUT2D eigenvalue weighted by molar-refractivity contribution is 6.37. The van der Waals surface area contributed by atoms with Gasteiger partial charge in [0.1, 0.15) is 5.56 Å². The van der Waals surface area contributed by atoms with Gasteiger partial charge in [-0.25, -0.2) is 0 Å². The van der Waals surface area contributed by atoms with Crippen LogP contribution in [0.5, 0.6) is 5.75 Å². The van der Waals surface area contributed by atoms with Gasteiger partial charge in [-0.3, -0.25) is 9.59 Å². The fourth-order valence-corrected chi connectivity index (χ4v) is 3.48. The zero-order chi connectivity index (χ0) is 18.7. The number of ether oxygens (including phenoxy) is 1. The van der Waals surface area contributed by atoms with Crippen LogP contribution in [0.3, 0.4) is 0 Å². The normalized spacial score (nSPS) is 13.1. The summed E-state index contributed by atoms with van der Waals surface area (Å²) < 4.78 is 5.17. The van der Waals surface area contributed by atoms with E-state index in [1.165, 1.54) is 18.7 Å². The molecule has 0 fully saturated rings. The summed E-state index contributed by atoms with van der Waals surface area (Å²) in [6.07, 6.45) is 0.809. The molecular formula is C19H18Cl2N2O3. The third-order valence-corrected chi connectivity index (χ3v) is 4.99. The highest BCUT2D eigenvalue weighted by Gasteiger charge is 2.23. The van der Waals surface area contributed by atoms with E-state index in [2.05, 4.69) is 11.4 Å². The predicted octanol–water partition coefficient (Wildman–Crippen LogP) is 3.32. The van der Waals surface area contributed by atoms with E-state index in [1.54, 1.807) is 11.0 Å². The summed E-state index contributed by atoms with van der Waals surface area (Å²) in [6.45, 7) is 1.06. The van der Waals surface area contributed by atoms with Gasteiger partial charge in [-0.15, -0.1) is 0 Å². The van der Waals surface area contributed by atoms with Gasteiger partial charge in [-0.1, -0.05) is 47.5 Å². The maximum absolute atomic E-state index is 12.5. The Kier molecular flexibility index (Phi) is 5.69. The number of nitrogens with zero attached hydrogens (tertiary/aromatic N) is 1. The Morgan fingerprint density at radius 1 is 1.12 bits per heavy atom. The molecule has 0 unspecified atom stereocenters. The van der Waals surface area contributed by atoms with E-state index in [0.717, 1.165) is 12.0 Å². The van der Waals surface area contributed by atoms with Crippen molar-refractivity contribution in [2.24, 2.45) is 0 Å². The number of carbonyl (C=O) groups is 2. The van der Waals surface area contributed by atoms with E-state index in [9.17, 15) is 9.59 Å². The Balaban J connectivity index is 1.66. The Morgan fingerprint density at radius 2 is 1.81 bits per heavy atom. The molecular weight excluding hydrogens is 375 g/mol. The second-order valence-electron chi connectivity index (χ2n) is 5.95. The third-order valence-electron chi connectivity index (χ3n) is 4.37. The fourth-order valence-electron chi connectivity index (χ4n) is 3.01. The smallest absolute Gasteiger partial charge is 0.257 e. The minimum atomic E-state index is -0.500. The Labute approximate surface area is 161 Å². The van der Waals surface area contributed by atoms with E-state index in [0.29, 0.717) is 13.1 Å². The van der Waals surface area contributed by atoms with Crippen LogP contribution in [0.1, 0.15) is 21.5 Å². The van der Waals surface area contributed by atoms with Crippen molar-refractivity contribution in [3.63, 3.8) is 0 Å². The molecule has 2 aromatic carbocycles. The van der Waals surface area contributed by atoms with Gasteiger partial charge in [0.15, 0.2) is 5.75 Å². The molecule has 136 valence electrons. The molecule has 0 saturated carbocycles. The average molecular weight is 393 g/mol. The van der Waals surface area contributed by atoms with Crippen LogP contribution >= 0.6 is 23.2 Å². The van der Waals surface area contributed by atoms with E-state index in [-0.39, 0.29) is 33.8 Å². The molecule has 0 aromatic heterocycles. The summed E-state index contributed by atoms with van der Waals surface area (Å²) in [5.41, 5.74) is 2.52. The van der Waals surface area contributed by atoms with Crippen LogP contribution in [0, 0.1) is 0 Å². The second kappa shape index (κ2) is 7.98. The molecule has 5 nitrogen and oxygen atoms in total. The maximum Gasteiger partial charge on any atom is 0.257 e. The molecule has 0 radical (unpaired) electrons. The summed E-state index contributed by atoms with van der Waals surface area (Å²) in [4.78, 5) is 26.7. The molecule has 7 heteroatoms. The summed E-state index contributed by atoms with van der Waals surface area (Å²) in [7, 11) is 1.41. The van der Waals surface area contributed by atoms with Gasteiger partial charge in [0.25, 0.3) is 5.91 Å². The highest BCUT2D eigenvalue weighted by atomic mass is 35.5. The van der Waals surface area contributed by atoms with E-state index < -0.39 is 5.91 Å². The molecule has 2 aromatic rings.